The number of rotatable bonds is 5. The van der Waals surface area contributed by atoms with Gasteiger partial charge in [-0.15, -0.1) is 0 Å². The Bertz CT molecular complexity index is 5000. The SMILES string of the molecule is C(=Cc1ccc2c(c1)C1(c3ccccc3-c3ccccc31)c1ccccc1C21c2ccccc2-c2ccccc21)c1ccc(-c2ccc(C=Cc3ccc4c(c3)C3(c5ccccc5-c5ccccc53)c3ccccc3C43c4ccccc4-c4ccccc43)cc2)cc1. The summed E-state index contributed by atoms with van der Waals surface area (Å²) < 4.78 is 0. The minimum atomic E-state index is -0.525. The summed E-state index contributed by atoms with van der Waals surface area (Å²) in [5, 5.41) is 0. The van der Waals surface area contributed by atoms with Crippen LogP contribution in [0.15, 0.2) is 328 Å². The predicted octanol–water partition coefficient (Wildman–Crippen LogP) is 21.8. The fourth-order valence-electron chi connectivity index (χ4n) is 18.7. The van der Waals surface area contributed by atoms with Gasteiger partial charge < -0.3 is 0 Å². The summed E-state index contributed by atoms with van der Waals surface area (Å²) in [5.74, 6) is 0. The number of fused-ring (bicyclic) bond motifs is 32. The zero-order valence-corrected chi connectivity index (χ0v) is 50.5. The highest BCUT2D eigenvalue weighted by Gasteiger charge is 2.61. The van der Waals surface area contributed by atoms with E-state index in [0.29, 0.717) is 0 Å². The molecule has 0 aliphatic heterocycles. The molecule has 0 N–H and O–H groups in total. The van der Waals surface area contributed by atoms with Crippen LogP contribution >= 0.6 is 0 Å². The number of benzene rings is 14. The Hall–Kier alpha value is -11.4. The summed E-state index contributed by atoms with van der Waals surface area (Å²) in [5.41, 5.74) is 37.1. The molecule has 4 spiro atoms. The molecule has 0 aromatic heterocycles. The first-order valence-corrected chi connectivity index (χ1v) is 32.5. The maximum atomic E-state index is 2.52. The molecule has 14 aromatic rings. The van der Waals surface area contributed by atoms with Crippen molar-refractivity contribution in [1.82, 2.24) is 0 Å². The van der Waals surface area contributed by atoms with Gasteiger partial charge in [-0.3, -0.25) is 0 Å². The molecule has 0 saturated heterocycles. The van der Waals surface area contributed by atoms with E-state index in [1.165, 1.54) is 156 Å². The lowest BCUT2D eigenvalue weighted by molar-refractivity contribution is 0.632. The van der Waals surface area contributed by atoms with Crippen molar-refractivity contribution in [3.63, 3.8) is 0 Å². The van der Waals surface area contributed by atoms with Crippen molar-refractivity contribution >= 4 is 24.3 Å². The van der Waals surface area contributed by atoms with Crippen LogP contribution in [-0.4, -0.2) is 0 Å². The van der Waals surface area contributed by atoms with Crippen molar-refractivity contribution in [3.8, 4) is 55.6 Å². The third kappa shape index (κ3) is 6.46. The Labute approximate surface area is 537 Å². The quantitative estimate of drug-likeness (QED) is 0.151. The molecule has 0 unspecified atom stereocenters. The summed E-state index contributed by atoms with van der Waals surface area (Å²) in [4.78, 5) is 0. The highest BCUT2D eigenvalue weighted by atomic mass is 14.6. The van der Waals surface area contributed by atoms with E-state index in [-0.39, 0.29) is 0 Å². The maximum Gasteiger partial charge on any atom is 0.0720 e. The van der Waals surface area contributed by atoms with Gasteiger partial charge in [0.15, 0.2) is 0 Å². The van der Waals surface area contributed by atoms with E-state index in [0.717, 1.165) is 11.1 Å². The second kappa shape index (κ2) is 19.0. The highest BCUT2D eigenvalue weighted by molar-refractivity contribution is 5.97. The Kier molecular flexibility index (Phi) is 10.7. The largest absolute Gasteiger partial charge is 0.0720 e. The first-order chi connectivity index (χ1) is 45.6. The lowest BCUT2D eigenvalue weighted by Crippen LogP contribution is -2.43. The molecule has 0 atom stereocenters. The topological polar surface area (TPSA) is 0 Å². The van der Waals surface area contributed by atoms with Crippen molar-refractivity contribution in [3.05, 3.63) is 439 Å². The fraction of sp³-hybridized carbons (Fsp3) is 0.0435. The molecule has 426 valence electrons. The van der Waals surface area contributed by atoms with Crippen LogP contribution in [0.25, 0.3) is 79.9 Å². The minimum absolute atomic E-state index is 0.499. The van der Waals surface area contributed by atoms with E-state index in [4.69, 9.17) is 0 Å². The molecule has 0 amide bonds. The van der Waals surface area contributed by atoms with Crippen molar-refractivity contribution in [2.75, 3.05) is 0 Å². The molecule has 0 saturated carbocycles. The van der Waals surface area contributed by atoms with Crippen LogP contribution in [0.3, 0.4) is 0 Å². The first-order valence-electron chi connectivity index (χ1n) is 32.5. The van der Waals surface area contributed by atoms with Crippen molar-refractivity contribution in [2.24, 2.45) is 0 Å². The zero-order valence-electron chi connectivity index (χ0n) is 50.5. The van der Waals surface area contributed by atoms with Gasteiger partial charge in [0.25, 0.3) is 0 Å². The van der Waals surface area contributed by atoms with Crippen molar-refractivity contribution in [2.45, 2.75) is 21.7 Å². The normalized spacial score (nSPS) is 15.4. The van der Waals surface area contributed by atoms with E-state index in [1.54, 1.807) is 0 Å². The summed E-state index contributed by atoms with van der Waals surface area (Å²) in [6.45, 7) is 0. The molecule has 0 fully saturated rings. The van der Waals surface area contributed by atoms with Crippen LogP contribution < -0.4 is 0 Å². The van der Waals surface area contributed by atoms with Gasteiger partial charge >= 0.3 is 0 Å². The predicted molar refractivity (Wildman–Crippen MR) is 379 cm³/mol. The summed E-state index contributed by atoms with van der Waals surface area (Å²) >= 11 is 0. The molecule has 0 heterocycles. The van der Waals surface area contributed by atoms with Crippen LogP contribution in [0, 0.1) is 0 Å². The molecule has 0 nitrogen and oxygen atoms in total. The van der Waals surface area contributed by atoms with E-state index in [9.17, 15) is 0 Å². The van der Waals surface area contributed by atoms with Crippen LogP contribution in [0.4, 0.5) is 0 Å². The van der Waals surface area contributed by atoms with E-state index >= 15 is 0 Å². The van der Waals surface area contributed by atoms with Crippen molar-refractivity contribution < 1.29 is 0 Å². The van der Waals surface area contributed by atoms with E-state index < -0.39 is 21.7 Å². The van der Waals surface area contributed by atoms with E-state index in [1.807, 2.05) is 0 Å². The molecule has 0 radical (unpaired) electrons. The van der Waals surface area contributed by atoms with Gasteiger partial charge in [0.05, 0.1) is 21.7 Å². The summed E-state index contributed by atoms with van der Waals surface area (Å²) in [6, 6.07) is 125. The van der Waals surface area contributed by atoms with Crippen LogP contribution in [-0.2, 0) is 21.7 Å². The standard InChI is InChI=1S/C92H58/c1-9-29-73-65(21-1)66-22-2-10-30-74(66)89(73)81-37-17-19-39-83(81)91(77-33-13-5-25-69(77)70-26-6-14-34-78(70)91)87-57-61(49-55-85(87)89)43-41-59-45-51-63(52-46-59)64-53-47-60(48-54-64)42-44-62-50-56-86-88(58-62)92(79-35-15-7-27-71(79)72-28-8-16-36-80(72)92)84-40-20-18-38-82(84)90(86)75-31-11-3-23-67(75)68-24-4-12-32-76(68)90/h1-58H. The molecule has 6 aliphatic carbocycles. The minimum Gasteiger partial charge on any atom is -0.0619 e. The number of hydrogen-bond acceptors (Lipinski definition) is 0. The average Bonchev–Trinajstić information content (AvgIpc) is 1.41. The van der Waals surface area contributed by atoms with Gasteiger partial charge in [-0.1, -0.05) is 340 Å². The molecule has 6 aliphatic rings. The molecule has 0 bridgehead atoms. The van der Waals surface area contributed by atoms with Crippen LogP contribution in [0.1, 0.15) is 111 Å². The zero-order chi connectivity index (χ0) is 60.3. The maximum absolute atomic E-state index is 2.52. The molecule has 92 heavy (non-hydrogen) atoms. The third-order valence-corrected chi connectivity index (χ3v) is 22.1. The fourth-order valence-corrected chi connectivity index (χ4v) is 18.7. The monoisotopic (exact) mass is 1160 g/mol. The Balaban J connectivity index is 0.652. The molecule has 20 rings (SSSR count). The lowest BCUT2D eigenvalue weighted by atomic mass is 9.52. The Morgan fingerprint density at radius 1 is 0.141 bits per heavy atom. The van der Waals surface area contributed by atoms with Gasteiger partial charge in [-0.2, -0.15) is 0 Å². The summed E-state index contributed by atoms with van der Waals surface area (Å²) in [6.07, 6.45) is 9.20. The lowest BCUT2D eigenvalue weighted by Gasteiger charge is -2.49. The average molecular weight is 1160 g/mol. The molecule has 0 heteroatoms. The number of hydrogen-bond donors (Lipinski definition) is 0. The van der Waals surface area contributed by atoms with Crippen LogP contribution in [0.5, 0.6) is 0 Å². The second-order valence-corrected chi connectivity index (χ2v) is 26.0. The van der Waals surface area contributed by atoms with Gasteiger partial charge in [0.2, 0.25) is 0 Å². The second-order valence-electron chi connectivity index (χ2n) is 26.0. The molecule has 14 aromatic carbocycles. The van der Waals surface area contributed by atoms with Crippen LogP contribution in [0.2, 0.25) is 0 Å². The van der Waals surface area contributed by atoms with Gasteiger partial charge in [0.1, 0.15) is 0 Å². The van der Waals surface area contributed by atoms with Gasteiger partial charge in [-0.05, 0) is 179 Å². The van der Waals surface area contributed by atoms with Crippen molar-refractivity contribution in [1.29, 1.82) is 0 Å². The highest BCUT2D eigenvalue weighted by Crippen LogP contribution is 2.70. The summed E-state index contributed by atoms with van der Waals surface area (Å²) in [7, 11) is 0. The van der Waals surface area contributed by atoms with Gasteiger partial charge in [-0.25, -0.2) is 0 Å². The molecular formula is C92H58. The third-order valence-electron chi connectivity index (χ3n) is 22.1. The van der Waals surface area contributed by atoms with Gasteiger partial charge in [0, 0.05) is 0 Å². The Morgan fingerprint density at radius 3 is 0.554 bits per heavy atom. The first kappa shape index (κ1) is 51.4. The van der Waals surface area contributed by atoms with E-state index in [2.05, 4.69) is 352 Å². The molecular weight excluding hydrogens is 1110 g/mol. The smallest absolute Gasteiger partial charge is 0.0619 e. The Morgan fingerprint density at radius 2 is 0.315 bits per heavy atom.